The summed E-state index contributed by atoms with van der Waals surface area (Å²) in [5.74, 6) is 0.204. The van der Waals surface area contributed by atoms with E-state index in [0.717, 1.165) is 25.9 Å². The van der Waals surface area contributed by atoms with Crippen molar-refractivity contribution in [3.63, 3.8) is 0 Å². The summed E-state index contributed by atoms with van der Waals surface area (Å²) >= 11 is 0. The Morgan fingerprint density at radius 3 is 2.76 bits per heavy atom. The van der Waals surface area contributed by atoms with Crippen LogP contribution in [-0.2, 0) is 6.42 Å². The van der Waals surface area contributed by atoms with Gasteiger partial charge in [-0.15, -0.1) is 0 Å². The van der Waals surface area contributed by atoms with Crippen LogP contribution >= 0.6 is 0 Å². The molecule has 0 saturated heterocycles. The smallest absolute Gasteiger partial charge is 0.188 e. The second-order valence-corrected chi connectivity index (χ2v) is 5.99. The van der Waals surface area contributed by atoms with Crippen LogP contribution in [0.2, 0.25) is 0 Å². The number of hydrogen-bond acceptors (Lipinski definition) is 2. The van der Waals surface area contributed by atoms with Crippen LogP contribution in [0.1, 0.15) is 38.2 Å². The first-order valence-electron chi connectivity index (χ1n) is 8.03. The van der Waals surface area contributed by atoms with E-state index < -0.39 is 0 Å². The molecular weight excluding hydrogens is 260 g/mol. The predicted octanol–water partition coefficient (Wildman–Crippen LogP) is 2.82. The summed E-state index contributed by atoms with van der Waals surface area (Å²) in [6.07, 6.45) is 5.89. The number of rotatable bonds is 7. The van der Waals surface area contributed by atoms with Crippen molar-refractivity contribution in [2.24, 2.45) is 5.73 Å². The Morgan fingerprint density at radius 2 is 2.10 bits per heavy atom. The van der Waals surface area contributed by atoms with E-state index in [9.17, 15) is 0 Å². The Kier molecular flexibility index (Phi) is 5.48. The van der Waals surface area contributed by atoms with Crippen molar-refractivity contribution in [1.29, 1.82) is 5.41 Å². The molecule has 0 saturated carbocycles. The summed E-state index contributed by atoms with van der Waals surface area (Å²) in [5.41, 5.74) is 8.49. The molecule has 1 aromatic carbocycles. The van der Waals surface area contributed by atoms with Crippen LogP contribution in [0.25, 0.3) is 0 Å². The topological polar surface area (TPSA) is 56.4 Å². The number of anilines is 1. The first-order valence-corrected chi connectivity index (χ1v) is 8.03. The molecule has 4 heteroatoms. The minimum absolute atomic E-state index is 0.204. The maximum absolute atomic E-state index is 7.81. The third kappa shape index (κ3) is 3.90. The Labute approximate surface area is 128 Å². The molecular formula is C17H28N4. The van der Waals surface area contributed by atoms with Gasteiger partial charge in [0.2, 0.25) is 0 Å². The van der Waals surface area contributed by atoms with Crippen molar-refractivity contribution in [2.45, 2.75) is 45.1 Å². The molecule has 0 radical (unpaired) electrons. The molecule has 1 heterocycles. The van der Waals surface area contributed by atoms with Crippen LogP contribution in [0.4, 0.5) is 5.69 Å². The zero-order valence-corrected chi connectivity index (χ0v) is 13.3. The standard InChI is InChI=1S/C17H28N4/c1-3-4-5-8-11-21(17(18)19)13-15-12-14-9-6-7-10-16(14)20(15)2/h6-7,9-10,15H,3-5,8,11-13H2,1-2H3,(H3,18,19). The minimum atomic E-state index is 0.204. The molecule has 4 nitrogen and oxygen atoms in total. The molecule has 0 aliphatic carbocycles. The van der Waals surface area contributed by atoms with E-state index in [4.69, 9.17) is 11.1 Å². The van der Waals surface area contributed by atoms with Crippen molar-refractivity contribution in [1.82, 2.24) is 4.90 Å². The van der Waals surface area contributed by atoms with Crippen molar-refractivity contribution in [3.05, 3.63) is 29.8 Å². The molecule has 21 heavy (non-hydrogen) atoms. The lowest BCUT2D eigenvalue weighted by Crippen LogP contribution is -2.46. The van der Waals surface area contributed by atoms with E-state index in [-0.39, 0.29) is 5.96 Å². The highest BCUT2D eigenvalue weighted by Crippen LogP contribution is 2.30. The van der Waals surface area contributed by atoms with Crippen molar-refractivity contribution in [2.75, 3.05) is 25.0 Å². The molecule has 0 amide bonds. The van der Waals surface area contributed by atoms with Crippen molar-refractivity contribution in [3.8, 4) is 0 Å². The monoisotopic (exact) mass is 288 g/mol. The maximum atomic E-state index is 7.81. The van der Waals surface area contributed by atoms with Crippen molar-refractivity contribution < 1.29 is 0 Å². The van der Waals surface area contributed by atoms with Crippen LogP contribution in [0.15, 0.2) is 24.3 Å². The Balaban J connectivity index is 1.91. The number of hydrogen-bond donors (Lipinski definition) is 2. The van der Waals surface area contributed by atoms with E-state index in [0.29, 0.717) is 6.04 Å². The number of nitrogens with zero attached hydrogens (tertiary/aromatic N) is 2. The predicted molar refractivity (Wildman–Crippen MR) is 90.0 cm³/mol. The van der Waals surface area contributed by atoms with Gasteiger partial charge in [-0.25, -0.2) is 0 Å². The number of guanidine groups is 1. The van der Waals surface area contributed by atoms with Gasteiger partial charge in [-0.2, -0.15) is 0 Å². The number of nitrogens with one attached hydrogen (secondary N) is 1. The first kappa shape index (κ1) is 15.7. The van der Waals surface area contributed by atoms with Crippen LogP contribution < -0.4 is 10.6 Å². The quantitative estimate of drug-likeness (QED) is 0.461. The van der Waals surface area contributed by atoms with E-state index in [1.807, 2.05) is 4.90 Å². The number of likely N-dealkylation sites (N-methyl/N-ethyl adjacent to an activating group) is 1. The van der Waals surface area contributed by atoms with E-state index in [1.54, 1.807) is 0 Å². The van der Waals surface area contributed by atoms with Gasteiger partial charge in [-0.1, -0.05) is 44.4 Å². The molecule has 0 aromatic heterocycles. The molecule has 2 rings (SSSR count). The molecule has 116 valence electrons. The number of unbranched alkanes of at least 4 members (excludes halogenated alkanes) is 3. The summed E-state index contributed by atoms with van der Waals surface area (Å²) in [5, 5.41) is 7.81. The van der Waals surface area contributed by atoms with Gasteiger partial charge in [0, 0.05) is 25.8 Å². The van der Waals surface area contributed by atoms with Gasteiger partial charge in [-0.05, 0) is 24.5 Å². The fourth-order valence-corrected chi connectivity index (χ4v) is 3.10. The molecule has 1 atom stereocenters. The second-order valence-electron chi connectivity index (χ2n) is 5.99. The first-order chi connectivity index (χ1) is 10.1. The van der Waals surface area contributed by atoms with Crippen LogP contribution in [0, 0.1) is 5.41 Å². The van der Waals surface area contributed by atoms with Crippen LogP contribution in [0.5, 0.6) is 0 Å². The second kappa shape index (κ2) is 7.34. The average Bonchev–Trinajstić information content (AvgIpc) is 2.79. The zero-order valence-electron chi connectivity index (χ0n) is 13.3. The summed E-state index contributed by atoms with van der Waals surface area (Å²) in [6.45, 7) is 3.95. The number of fused-ring (bicyclic) bond motifs is 1. The highest BCUT2D eigenvalue weighted by Gasteiger charge is 2.27. The molecule has 1 aliphatic rings. The maximum Gasteiger partial charge on any atom is 0.188 e. The zero-order chi connectivity index (χ0) is 15.2. The third-order valence-electron chi connectivity index (χ3n) is 4.43. The lowest BCUT2D eigenvalue weighted by Gasteiger charge is -2.30. The van der Waals surface area contributed by atoms with Crippen LogP contribution in [-0.4, -0.2) is 37.0 Å². The number of benzene rings is 1. The lowest BCUT2D eigenvalue weighted by atomic mass is 10.1. The van der Waals surface area contributed by atoms with Gasteiger partial charge in [-0.3, -0.25) is 5.41 Å². The summed E-state index contributed by atoms with van der Waals surface area (Å²) < 4.78 is 0. The van der Waals surface area contributed by atoms with Gasteiger partial charge < -0.3 is 15.5 Å². The summed E-state index contributed by atoms with van der Waals surface area (Å²) in [7, 11) is 2.14. The Morgan fingerprint density at radius 1 is 1.33 bits per heavy atom. The summed E-state index contributed by atoms with van der Waals surface area (Å²) in [6, 6.07) is 8.98. The van der Waals surface area contributed by atoms with Crippen molar-refractivity contribution >= 4 is 11.6 Å². The Bertz CT molecular complexity index is 472. The van der Waals surface area contributed by atoms with Crippen LogP contribution in [0.3, 0.4) is 0 Å². The highest BCUT2D eigenvalue weighted by atomic mass is 15.3. The van der Waals surface area contributed by atoms with Gasteiger partial charge in [0.15, 0.2) is 5.96 Å². The molecule has 1 aromatic rings. The SMILES string of the molecule is CCCCCCN(CC1Cc2ccccc2N1C)C(=N)N. The highest BCUT2D eigenvalue weighted by molar-refractivity contribution is 5.74. The summed E-state index contributed by atoms with van der Waals surface area (Å²) in [4.78, 5) is 4.36. The van der Waals surface area contributed by atoms with E-state index in [1.165, 1.54) is 30.5 Å². The largest absolute Gasteiger partial charge is 0.370 e. The lowest BCUT2D eigenvalue weighted by molar-refractivity contribution is 0.365. The fraction of sp³-hybridized carbons (Fsp3) is 0.588. The molecule has 1 aliphatic heterocycles. The van der Waals surface area contributed by atoms with Gasteiger partial charge in [0.25, 0.3) is 0 Å². The number of nitrogens with two attached hydrogens (primary N) is 1. The molecule has 0 fully saturated rings. The minimum Gasteiger partial charge on any atom is -0.370 e. The van der Waals surface area contributed by atoms with E-state index in [2.05, 4.69) is 43.1 Å². The molecule has 3 N–H and O–H groups in total. The van der Waals surface area contributed by atoms with Gasteiger partial charge in [0.05, 0.1) is 6.04 Å². The van der Waals surface area contributed by atoms with E-state index >= 15 is 0 Å². The number of para-hydroxylation sites is 1. The molecule has 0 spiro atoms. The fourth-order valence-electron chi connectivity index (χ4n) is 3.10. The Hall–Kier alpha value is -1.71. The normalized spacial score (nSPS) is 16.9. The van der Waals surface area contributed by atoms with Gasteiger partial charge >= 0.3 is 0 Å². The average molecular weight is 288 g/mol. The molecule has 0 bridgehead atoms. The van der Waals surface area contributed by atoms with Gasteiger partial charge in [0.1, 0.15) is 0 Å². The molecule has 1 unspecified atom stereocenters. The third-order valence-corrected chi connectivity index (χ3v) is 4.43.